The quantitative estimate of drug-likeness (QED) is 0.555. The number of rotatable bonds is 3. The second-order valence-electron chi connectivity index (χ2n) is 8.47. The standard InChI is InChI=1S/C23H28FN7/c1-23(31-9-7-26-8-10-31)27-13-18(15-4-6-21-17(11-15)14-30(2)29-21)22(28-23)16-3-5-20(25)19(24)12-16/h3-6,11-14,21,26,28-29H,7-10,25H2,1-2H3. The summed E-state index contributed by atoms with van der Waals surface area (Å²) in [5.74, 6) is -1.02. The predicted octanol–water partition coefficient (Wildman–Crippen LogP) is 1.57. The lowest BCUT2D eigenvalue weighted by Crippen LogP contribution is -2.61. The summed E-state index contributed by atoms with van der Waals surface area (Å²) in [5, 5.41) is 8.97. The SMILES string of the molecule is CN1C=C2C=C(C3=C(c4ccc(N)c(F)c4)NC(C)(N4CCNCC4)N=C3)C=CC2N1. The first-order chi connectivity index (χ1) is 14.9. The molecule has 1 aromatic carbocycles. The average molecular weight is 422 g/mol. The molecule has 31 heavy (non-hydrogen) atoms. The Bertz CT molecular complexity index is 1050. The van der Waals surface area contributed by atoms with Crippen LogP contribution < -0.4 is 21.8 Å². The van der Waals surface area contributed by atoms with Crippen molar-refractivity contribution in [2.75, 3.05) is 39.0 Å². The van der Waals surface area contributed by atoms with Gasteiger partial charge in [0.05, 0.1) is 17.4 Å². The predicted molar refractivity (Wildman–Crippen MR) is 122 cm³/mol. The van der Waals surface area contributed by atoms with Gasteiger partial charge in [-0.25, -0.2) is 9.82 Å². The largest absolute Gasteiger partial charge is 0.396 e. The molecule has 0 aromatic heterocycles. The molecule has 8 heteroatoms. The van der Waals surface area contributed by atoms with Crippen molar-refractivity contribution < 1.29 is 4.39 Å². The van der Waals surface area contributed by atoms with Gasteiger partial charge in [-0.3, -0.25) is 9.89 Å². The number of allylic oxidation sites excluding steroid dienone is 3. The number of aliphatic imine (C=N–C) groups is 1. The Labute approximate surface area is 181 Å². The number of benzene rings is 1. The molecule has 0 saturated carbocycles. The lowest BCUT2D eigenvalue weighted by Gasteiger charge is -2.44. The Morgan fingerprint density at radius 1 is 1.26 bits per heavy atom. The second-order valence-corrected chi connectivity index (χ2v) is 8.47. The van der Waals surface area contributed by atoms with Crippen LogP contribution in [0.25, 0.3) is 5.70 Å². The molecule has 0 radical (unpaired) electrons. The van der Waals surface area contributed by atoms with Gasteiger partial charge in [-0.1, -0.05) is 18.2 Å². The fourth-order valence-electron chi connectivity index (χ4n) is 4.49. The highest BCUT2D eigenvalue weighted by molar-refractivity contribution is 5.98. The zero-order valence-corrected chi connectivity index (χ0v) is 17.8. The van der Waals surface area contributed by atoms with Crippen molar-refractivity contribution in [3.05, 3.63) is 70.7 Å². The van der Waals surface area contributed by atoms with Crippen LogP contribution in [0.3, 0.4) is 0 Å². The Balaban J connectivity index is 1.58. The summed E-state index contributed by atoms with van der Waals surface area (Å²) < 4.78 is 14.4. The summed E-state index contributed by atoms with van der Waals surface area (Å²) in [7, 11) is 1.98. The van der Waals surface area contributed by atoms with Crippen molar-refractivity contribution in [2.45, 2.75) is 18.8 Å². The van der Waals surface area contributed by atoms with Crippen LogP contribution in [0, 0.1) is 5.82 Å². The molecule has 3 aliphatic heterocycles. The van der Waals surface area contributed by atoms with Crippen LogP contribution in [-0.4, -0.2) is 61.2 Å². The van der Waals surface area contributed by atoms with E-state index in [1.165, 1.54) is 11.6 Å². The maximum absolute atomic E-state index is 14.4. The Hall–Kier alpha value is -2.94. The van der Waals surface area contributed by atoms with Gasteiger partial charge in [0.15, 0.2) is 5.79 Å². The minimum atomic E-state index is -0.603. The first-order valence-corrected chi connectivity index (χ1v) is 10.6. The number of piperazine rings is 1. The van der Waals surface area contributed by atoms with Gasteiger partial charge in [-0.15, -0.1) is 0 Å². The fourth-order valence-corrected chi connectivity index (χ4v) is 4.49. The Kier molecular flexibility index (Phi) is 4.92. The molecule has 3 heterocycles. The van der Waals surface area contributed by atoms with Crippen LogP contribution in [-0.2, 0) is 0 Å². The van der Waals surface area contributed by atoms with Crippen molar-refractivity contribution in [3.63, 3.8) is 0 Å². The van der Waals surface area contributed by atoms with Gasteiger partial charge < -0.3 is 21.4 Å². The average Bonchev–Trinajstić information content (AvgIpc) is 3.15. The third-order valence-corrected chi connectivity index (χ3v) is 6.24. The summed E-state index contributed by atoms with van der Waals surface area (Å²) in [6, 6.07) is 5.14. The minimum absolute atomic E-state index is 0.144. The first-order valence-electron chi connectivity index (χ1n) is 10.6. The monoisotopic (exact) mass is 421 g/mol. The molecule has 1 fully saturated rings. The van der Waals surface area contributed by atoms with Crippen molar-refractivity contribution >= 4 is 17.6 Å². The molecule has 0 amide bonds. The second kappa shape index (κ2) is 7.64. The van der Waals surface area contributed by atoms with Gasteiger partial charge in [0.1, 0.15) is 5.82 Å². The van der Waals surface area contributed by atoms with E-state index in [2.05, 4.69) is 52.3 Å². The number of nitrogens with zero attached hydrogens (tertiary/aromatic N) is 3. The van der Waals surface area contributed by atoms with Gasteiger partial charge >= 0.3 is 0 Å². The number of nitrogen functional groups attached to an aromatic ring is 1. The molecule has 7 nitrogen and oxygen atoms in total. The topological polar surface area (TPSA) is 81.0 Å². The number of nitrogens with two attached hydrogens (primary N) is 1. The van der Waals surface area contributed by atoms with Gasteiger partial charge in [-0.2, -0.15) is 0 Å². The molecule has 2 atom stereocenters. The summed E-state index contributed by atoms with van der Waals surface area (Å²) in [5.41, 5.74) is 14.0. The number of halogens is 1. The lowest BCUT2D eigenvalue weighted by molar-refractivity contribution is 0.0796. The molecule has 2 unspecified atom stereocenters. The summed E-state index contributed by atoms with van der Waals surface area (Å²) in [4.78, 5) is 7.23. The van der Waals surface area contributed by atoms with Crippen LogP contribution in [0.1, 0.15) is 12.5 Å². The third kappa shape index (κ3) is 3.67. The summed E-state index contributed by atoms with van der Waals surface area (Å²) in [6.07, 6.45) is 10.4. The molecular formula is C23H28FN7. The zero-order chi connectivity index (χ0) is 21.6. The van der Waals surface area contributed by atoms with E-state index in [4.69, 9.17) is 10.7 Å². The molecule has 5 N–H and O–H groups in total. The maximum atomic E-state index is 14.4. The van der Waals surface area contributed by atoms with E-state index in [1.807, 2.05) is 24.3 Å². The zero-order valence-electron chi connectivity index (χ0n) is 17.8. The van der Waals surface area contributed by atoms with E-state index in [0.29, 0.717) is 0 Å². The van der Waals surface area contributed by atoms with Crippen molar-refractivity contribution in [1.82, 2.24) is 26.0 Å². The highest BCUT2D eigenvalue weighted by Gasteiger charge is 2.36. The van der Waals surface area contributed by atoms with Crippen LogP contribution in [0.5, 0.6) is 0 Å². The van der Waals surface area contributed by atoms with E-state index < -0.39 is 11.6 Å². The number of hydrazine groups is 1. The number of hydrogen-bond acceptors (Lipinski definition) is 7. The van der Waals surface area contributed by atoms with Crippen molar-refractivity contribution in [1.29, 1.82) is 0 Å². The van der Waals surface area contributed by atoms with E-state index in [0.717, 1.165) is 48.6 Å². The normalized spacial score (nSPS) is 28.4. The van der Waals surface area contributed by atoms with Gasteiger partial charge in [-0.05, 0) is 36.3 Å². The van der Waals surface area contributed by atoms with Gasteiger partial charge in [0, 0.05) is 56.8 Å². The van der Waals surface area contributed by atoms with Crippen LogP contribution in [0.2, 0.25) is 0 Å². The molecule has 162 valence electrons. The first kappa shape index (κ1) is 20.0. The molecule has 0 spiro atoms. The number of fused-ring (bicyclic) bond motifs is 1. The molecule has 0 bridgehead atoms. The highest BCUT2D eigenvalue weighted by Crippen LogP contribution is 2.33. The fraction of sp³-hybridized carbons (Fsp3) is 0.348. The van der Waals surface area contributed by atoms with E-state index in [9.17, 15) is 4.39 Å². The lowest BCUT2D eigenvalue weighted by atomic mass is 9.91. The number of anilines is 1. The molecule has 1 aromatic rings. The van der Waals surface area contributed by atoms with Gasteiger partial charge in [0.2, 0.25) is 0 Å². The van der Waals surface area contributed by atoms with Crippen LogP contribution in [0.15, 0.2) is 64.3 Å². The van der Waals surface area contributed by atoms with Gasteiger partial charge in [0.25, 0.3) is 0 Å². The van der Waals surface area contributed by atoms with Crippen molar-refractivity contribution in [3.8, 4) is 0 Å². The molecule has 5 rings (SSSR count). The highest BCUT2D eigenvalue weighted by atomic mass is 19.1. The van der Waals surface area contributed by atoms with Crippen LogP contribution in [0.4, 0.5) is 10.1 Å². The molecule has 1 aliphatic carbocycles. The smallest absolute Gasteiger partial charge is 0.184 e. The van der Waals surface area contributed by atoms with E-state index >= 15 is 0 Å². The Morgan fingerprint density at radius 2 is 2.06 bits per heavy atom. The molecule has 4 aliphatic rings. The minimum Gasteiger partial charge on any atom is -0.396 e. The van der Waals surface area contributed by atoms with Crippen molar-refractivity contribution in [2.24, 2.45) is 4.99 Å². The Morgan fingerprint density at radius 3 is 2.84 bits per heavy atom. The number of hydrogen-bond donors (Lipinski definition) is 4. The number of nitrogens with one attached hydrogen (secondary N) is 3. The third-order valence-electron chi connectivity index (χ3n) is 6.24. The molecular weight excluding hydrogens is 393 g/mol. The molecule has 1 saturated heterocycles. The summed E-state index contributed by atoms with van der Waals surface area (Å²) in [6.45, 7) is 5.67. The maximum Gasteiger partial charge on any atom is 0.184 e. The van der Waals surface area contributed by atoms with Crippen LogP contribution >= 0.6 is 0 Å². The van der Waals surface area contributed by atoms with E-state index in [1.54, 1.807) is 6.07 Å². The van der Waals surface area contributed by atoms with E-state index in [-0.39, 0.29) is 11.7 Å². The summed E-state index contributed by atoms with van der Waals surface area (Å²) >= 11 is 0.